The van der Waals surface area contributed by atoms with Crippen molar-refractivity contribution >= 4 is 33.8 Å². The van der Waals surface area contributed by atoms with E-state index in [1.54, 1.807) is 22.6 Å². The highest BCUT2D eigenvalue weighted by Crippen LogP contribution is 2.31. The van der Waals surface area contributed by atoms with Crippen molar-refractivity contribution < 1.29 is 14.3 Å². The smallest absolute Gasteiger partial charge is 0.410 e. The van der Waals surface area contributed by atoms with Gasteiger partial charge in [0, 0.05) is 31.1 Å². The van der Waals surface area contributed by atoms with E-state index in [1.807, 2.05) is 55.1 Å². The van der Waals surface area contributed by atoms with Gasteiger partial charge in [0.05, 0.1) is 35.9 Å². The molecule has 5 heterocycles. The number of aromatic amines is 1. The van der Waals surface area contributed by atoms with Gasteiger partial charge in [-0.25, -0.2) is 9.78 Å². The summed E-state index contributed by atoms with van der Waals surface area (Å²) in [6, 6.07) is 13.5. The third-order valence-corrected chi connectivity index (χ3v) is 9.93. The van der Waals surface area contributed by atoms with Gasteiger partial charge in [0.15, 0.2) is 11.3 Å². The van der Waals surface area contributed by atoms with E-state index in [1.165, 1.54) is 0 Å². The molecule has 1 amide bonds. The number of carbonyl (C=O) groups excluding carboxylic acids is 1. The number of nitrogens with one attached hydrogen (secondary N) is 1. The monoisotopic (exact) mass is 676 g/mol. The number of benzene rings is 2. The standard InChI is InChI=1S/C36H40N10O4/c1-22-17-29-28(18-38-42-29)32(23(22)2)46-24(3)39-30-31(34(46)47)40-35(49-21-27-11-8-14-43(27)4)41-33(30)44-15-16-45(26(19-44)12-13-37)36(48)50-20-25-9-6-5-7-10-25/h5-7,9-10,17-18,26-27H,8,11-12,14-16,19-21H2,1-4H3,(H,38,42). The lowest BCUT2D eigenvalue weighted by atomic mass is 10.0. The van der Waals surface area contributed by atoms with Crippen LogP contribution >= 0.6 is 0 Å². The van der Waals surface area contributed by atoms with Crippen molar-refractivity contribution in [3.05, 3.63) is 75.5 Å². The number of likely N-dealkylation sites (N-methyl/N-ethyl adjacent to an activating group) is 1. The van der Waals surface area contributed by atoms with Crippen molar-refractivity contribution in [3.63, 3.8) is 0 Å². The number of H-pyrrole nitrogens is 1. The first-order valence-corrected chi connectivity index (χ1v) is 16.9. The van der Waals surface area contributed by atoms with Gasteiger partial charge in [0.25, 0.3) is 5.56 Å². The Morgan fingerprint density at radius 1 is 1.06 bits per heavy atom. The summed E-state index contributed by atoms with van der Waals surface area (Å²) in [6.45, 7) is 8.19. The van der Waals surface area contributed by atoms with Gasteiger partial charge in [-0.15, -0.1) is 0 Å². The Bertz CT molecular complexity index is 2160. The summed E-state index contributed by atoms with van der Waals surface area (Å²) in [5, 5.41) is 17.8. The Hall–Kier alpha value is -5.55. The fraction of sp³-hybridized carbons (Fsp3) is 0.417. The number of piperazine rings is 1. The number of aromatic nitrogens is 6. The SMILES string of the molecule is Cc1cc2[nH]ncc2c(-n2c(C)nc3c(N4CCN(C(=O)OCc5ccccc5)C(CC#N)C4)nc(OCC4CCCN4C)nc3c2=O)c1C. The number of anilines is 1. The maximum absolute atomic E-state index is 14.6. The highest BCUT2D eigenvalue weighted by Gasteiger charge is 2.34. The minimum atomic E-state index is -0.484. The van der Waals surface area contributed by atoms with Crippen LogP contribution < -0.4 is 15.2 Å². The molecule has 7 rings (SSSR count). The third-order valence-electron chi connectivity index (χ3n) is 9.93. The maximum Gasteiger partial charge on any atom is 0.410 e. The number of aryl methyl sites for hydroxylation is 2. The number of fused-ring (bicyclic) bond motifs is 2. The number of nitriles is 1. The first-order chi connectivity index (χ1) is 24.2. The molecule has 1 N–H and O–H groups in total. The molecule has 258 valence electrons. The summed E-state index contributed by atoms with van der Waals surface area (Å²) < 4.78 is 13.5. The normalized spacial score (nSPS) is 18.1. The molecule has 0 aliphatic carbocycles. The summed E-state index contributed by atoms with van der Waals surface area (Å²) in [7, 11) is 2.07. The molecule has 0 spiro atoms. The van der Waals surface area contributed by atoms with Crippen LogP contribution in [0.25, 0.3) is 27.6 Å². The molecule has 2 atom stereocenters. The van der Waals surface area contributed by atoms with E-state index in [0.29, 0.717) is 36.0 Å². The van der Waals surface area contributed by atoms with E-state index in [2.05, 4.69) is 33.2 Å². The van der Waals surface area contributed by atoms with Gasteiger partial charge in [0.1, 0.15) is 24.6 Å². The summed E-state index contributed by atoms with van der Waals surface area (Å²) in [5.41, 5.74) is 4.40. The molecule has 2 unspecified atom stereocenters. The Morgan fingerprint density at radius 2 is 1.88 bits per heavy atom. The van der Waals surface area contributed by atoms with Crippen LogP contribution in [0.1, 0.15) is 41.8 Å². The second-order valence-corrected chi connectivity index (χ2v) is 13.1. The molecule has 0 saturated carbocycles. The first kappa shape index (κ1) is 33.0. The van der Waals surface area contributed by atoms with Gasteiger partial charge in [-0.05, 0) is 70.0 Å². The molecule has 14 nitrogen and oxygen atoms in total. The van der Waals surface area contributed by atoms with E-state index in [-0.39, 0.29) is 49.2 Å². The Kier molecular flexibility index (Phi) is 9.07. The summed E-state index contributed by atoms with van der Waals surface area (Å²) in [6.07, 6.45) is 3.39. The molecule has 5 aromatic rings. The van der Waals surface area contributed by atoms with Gasteiger partial charge in [0.2, 0.25) is 0 Å². The van der Waals surface area contributed by atoms with E-state index >= 15 is 0 Å². The Balaban J connectivity index is 1.28. The fourth-order valence-corrected chi connectivity index (χ4v) is 7.02. The minimum absolute atomic E-state index is 0.0815. The van der Waals surface area contributed by atoms with Gasteiger partial charge in [-0.2, -0.15) is 20.3 Å². The fourth-order valence-electron chi connectivity index (χ4n) is 7.02. The molecular formula is C36H40N10O4. The van der Waals surface area contributed by atoms with E-state index in [0.717, 1.165) is 47.0 Å². The molecule has 0 bridgehead atoms. The lowest BCUT2D eigenvalue weighted by molar-refractivity contribution is 0.0768. The predicted octanol–water partition coefficient (Wildman–Crippen LogP) is 4.19. The molecule has 2 aromatic carbocycles. The van der Waals surface area contributed by atoms with Crippen LogP contribution in [0, 0.1) is 32.1 Å². The van der Waals surface area contributed by atoms with Crippen molar-refractivity contribution in [2.24, 2.45) is 0 Å². The van der Waals surface area contributed by atoms with Crippen LogP contribution in [0.4, 0.5) is 10.6 Å². The number of nitrogens with zero attached hydrogens (tertiary/aromatic N) is 9. The summed E-state index contributed by atoms with van der Waals surface area (Å²) in [4.78, 5) is 48.1. The molecule has 2 aliphatic heterocycles. The van der Waals surface area contributed by atoms with Crippen LogP contribution in [0.3, 0.4) is 0 Å². The number of carbonyl (C=O) groups is 1. The number of hydrogen-bond acceptors (Lipinski definition) is 11. The molecule has 0 radical (unpaired) electrons. The van der Waals surface area contributed by atoms with Crippen LogP contribution in [-0.2, 0) is 11.3 Å². The van der Waals surface area contributed by atoms with Gasteiger partial charge in [-0.3, -0.25) is 14.5 Å². The van der Waals surface area contributed by atoms with Crippen LogP contribution in [0.15, 0.2) is 47.4 Å². The lowest BCUT2D eigenvalue weighted by Gasteiger charge is -2.40. The van der Waals surface area contributed by atoms with Crippen molar-refractivity contribution in [2.45, 2.75) is 58.7 Å². The lowest BCUT2D eigenvalue weighted by Crippen LogP contribution is -2.55. The van der Waals surface area contributed by atoms with Crippen molar-refractivity contribution in [1.82, 2.24) is 39.5 Å². The summed E-state index contributed by atoms with van der Waals surface area (Å²) >= 11 is 0. The highest BCUT2D eigenvalue weighted by molar-refractivity contribution is 5.91. The van der Waals surface area contributed by atoms with E-state index in [9.17, 15) is 14.9 Å². The summed E-state index contributed by atoms with van der Waals surface area (Å²) in [5.74, 6) is 0.883. The van der Waals surface area contributed by atoms with Crippen molar-refractivity contribution in [3.8, 4) is 17.8 Å². The van der Waals surface area contributed by atoms with Crippen LogP contribution in [-0.4, -0.2) is 97.5 Å². The zero-order valence-electron chi connectivity index (χ0n) is 28.7. The zero-order chi connectivity index (χ0) is 34.9. The highest BCUT2D eigenvalue weighted by atomic mass is 16.6. The quantitative estimate of drug-likeness (QED) is 0.251. The molecule has 2 fully saturated rings. The number of likely N-dealkylation sites (tertiary alicyclic amines) is 1. The predicted molar refractivity (Wildman–Crippen MR) is 188 cm³/mol. The molecular weight excluding hydrogens is 636 g/mol. The molecule has 14 heteroatoms. The van der Waals surface area contributed by atoms with Crippen molar-refractivity contribution in [2.75, 3.05) is 44.7 Å². The molecule has 2 aliphatic rings. The van der Waals surface area contributed by atoms with Crippen LogP contribution in [0.2, 0.25) is 0 Å². The zero-order valence-corrected chi connectivity index (χ0v) is 28.7. The van der Waals surface area contributed by atoms with E-state index < -0.39 is 12.1 Å². The van der Waals surface area contributed by atoms with E-state index in [4.69, 9.17) is 19.4 Å². The molecule has 2 saturated heterocycles. The third kappa shape index (κ3) is 6.20. The van der Waals surface area contributed by atoms with Gasteiger partial charge in [-0.1, -0.05) is 30.3 Å². The minimum Gasteiger partial charge on any atom is -0.462 e. The largest absolute Gasteiger partial charge is 0.462 e. The first-order valence-electron chi connectivity index (χ1n) is 16.9. The van der Waals surface area contributed by atoms with Crippen LogP contribution in [0.5, 0.6) is 6.01 Å². The number of amides is 1. The number of ether oxygens (including phenoxy) is 2. The molecule has 3 aromatic heterocycles. The Labute approximate surface area is 289 Å². The average molecular weight is 677 g/mol. The average Bonchev–Trinajstić information content (AvgIpc) is 3.76. The van der Waals surface area contributed by atoms with Crippen molar-refractivity contribution in [1.29, 1.82) is 5.26 Å². The van der Waals surface area contributed by atoms with Gasteiger partial charge >= 0.3 is 12.1 Å². The Morgan fingerprint density at radius 3 is 2.64 bits per heavy atom. The second-order valence-electron chi connectivity index (χ2n) is 13.1. The number of rotatable bonds is 8. The number of hydrogen-bond donors (Lipinski definition) is 1. The van der Waals surface area contributed by atoms with Gasteiger partial charge < -0.3 is 24.2 Å². The molecule has 50 heavy (non-hydrogen) atoms. The second kappa shape index (κ2) is 13.8. The topological polar surface area (TPSA) is 158 Å². The maximum atomic E-state index is 14.6.